The van der Waals surface area contributed by atoms with Crippen LogP contribution in [0.5, 0.6) is 0 Å². The molecule has 0 radical (unpaired) electrons. The monoisotopic (exact) mass is 267 g/mol. The van der Waals surface area contributed by atoms with Crippen LogP contribution >= 0.6 is 0 Å². The zero-order chi connectivity index (χ0) is 14.3. The molecule has 0 fully saturated rings. The van der Waals surface area contributed by atoms with Gasteiger partial charge in [-0.1, -0.05) is 18.2 Å². The molecule has 100 valence electrons. The molecule has 0 unspecified atom stereocenters. The van der Waals surface area contributed by atoms with E-state index in [4.69, 9.17) is 0 Å². The van der Waals surface area contributed by atoms with Crippen LogP contribution in [0.2, 0.25) is 0 Å². The number of aryl methyl sites for hydroxylation is 1. The minimum Gasteiger partial charge on any atom is -0.478 e. The molecule has 1 heterocycles. The molecule has 2 aromatic carbocycles. The van der Waals surface area contributed by atoms with Gasteiger partial charge in [0.1, 0.15) is 0 Å². The van der Waals surface area contributed by atoms with Gasteiger partial charge in [0.2, 0.25) is 5.91 Å². The first-order valence-corrected chi connectivity index (χ1v) is 6.32. The molecule has 0 saturated heterocycles. The van der Waals surface area contributed by atoms with Crippen LogP contribution in [0.15, 0.2) is 36.4 Å². The van der Waals surface area contributed by atoms with Gasteiger partial charge in [0.15, 0.2) is 0 Å². The molecular formula is C16H13NO3. The molecule has 1 aliphatic heterocycles. The largest absolute Gasteiger partial charge is 0.478 e. The van der Waals surface area contributed by atoms with Crippen LogP contribution < -0.4 is 5.32 Å². The van der Waals surface area contributed by atoms with Crippen LogP contribution in [0, 0.1) is 6.92 Å². The van der Waals surface area contributed by atoms with E-state index in [0.717, 1.165) is 22.4 Å². The van der Waals surface area contributed by atoms with E-state index >= 15 is 0 Å². The number of carbonyl (C=O) groups excluding carboxylic acids is 1. The van der Waals surface area contributed by atoms with Gasteiger partial charge < -0.3 is 10.4 Å². The Morgan fingerprint density at radius 2 is 2.05 bits per heavy atom. The van der Waals surface area contributed by atoms with E-state index in [1.807, 2.05) is 31.2 Å². The lowest BCUT2D eigenvalue weighted by Gasteiger charge is -2.11. The Bertz CT molecular complexity index is 734. The second-order valence-electron chi connectivity index (χ2n) is 4.90. The molecule has 20 heavy (non-hydrogen) atoms. The number of nitrogens with one attached hydrogen (secondary N) is 1. The summed E-state index contributed by atoms with van der Waals surface area (Å²) in [4.78, 5) is 22.8. The Kier molecular flexibility index (Phi) is 2.79. The highest BCUT2D eigenvalue weighted by molar-refractivity contribution is 6.01. The summed E-state index contributed by atoms with van der Waals surface area (Å²) in [6.07, 6.45) is 0.345. The highest BCUT2D eigenvalue weighted by Gasteiger charge is 2.20. The molecule has 0 aromatic heterocycles. The third kappa shape index (κ3) is 1.95. The molecule has 1 aliphatic rings. The molecule has 0 bridgehead atoms. The maximum Gasteiger partial charge on any atom is 0.336 e. The number of carbonyl (C=O) groups is 2. The number of rotatable bonds is 2. The van der Waals surface area contributed by atoms with Gasteiger partial charge in [0, 0.05) is 5.69 Å². The summed E-state index contributed by atoms with van der Waals surface area (Å²) in [5.41, 5.74) is 4.44. The maximum absolute atomic E-state index is 11.4. The number of aromatic carboxylic acids is 1. The highest BCUT2D eigenvalue weighted by atomic mass is 16.4. The van der Waals surface area contributed by atoms with Gasteiger partial charge in [-0.3, -0.25) is 4.79 Å². The molecule has 1 amide bonds. The van der Waals surface area contributed by atoms with Crippen LogP contribution in [-0.4, -0.2) is 17.0 Å². The van der Waals surface area contributed by atoms with E-state index in [1.165, 1.54) is 0 Å². The molecular weight excluding hydrogens is 254 g/mol. The number of hydrogen-bond acceptors (Lipinski definition) is 2. The molecule has 4 nitrogen and oxygen atoms in total. The van der Waals surface area contributed by atoms with Crippen molar-refractivity contribution in [1.82, 2.24) is 0 Å². The lowest BCUT2D eigenvalue weighted by Crippen LogP contribution is -2.03. The summed E-state index contributed by atoms with van der Waals surface area (Å²) in [6, 6.07) is 10.8. The summed E-state index contributed by atoms with van der Waals surface area (Å²) >= 11 is 0. The van der Waals surface area contributed by atoms with Crippen molar-refractivity contribution in [3.8, 4) is 11.1 Å². The lowest BCUT2D eigenvalue weighted by atomic mass is 9.93. The Labute approximate surface area is 116 Å². The SMILES string of the molecule is Cc1cccc(C(=O)O)c1-c1ccc2c(c1)CC(=O)N2. The first-order valence-electron chi connectivity index (χ1n) is 6.32. The molecule has 2 N–H and O–H groups in total. The predicted molar refractivity (Wildman–Crippen MR) is 75.9 cm³/mol. The second-order valence-corrected chi connectivity index (χ2v) is 4.90. The van der Waals surface area contributed by atoms with Crippen LogP contribution in [0.25, 0.3) is 11.1 Å². The van der Waals surface area contributed by atoms with Gasteiger partial charge in [0.05, 0.1) is 12.0 Å². The molecule has 2 aromatic rings. The number of anilines is 1. The van der Waals surface area contributed by atoms with Gasteiger partial charge >= 0.3 is 5.97 Å². The van der Waals surface area contributed by atoms with Crippen LogP contribution in [0.4, 0.5) is 5.69 Å². The van der Waals surface area contributed by atoms with E-state index in [1.54, 1.807) is 12.1 Å². The number of fused-ring (bicyclic) bond motifs is 1. The van der Waals surface area contributed by atoms with Gasteiger partial charge in [-0.15, -0.1) is 0 Å². The lowest BCUT2D eigenvalue weighted by molar-refractivity contribution is -0.115. The predicted octanol–water partition coefficient (Wildman–Crippen LogP) is 2.85. The minimum atomic E-state index is -0.946. The Balaban J connectivity index is 2.18. The van der Waals surface area contributed by atoms with Gasteiger partial charge in [-0.25, -0.2) is 4.79 Å². The maximum atomic E-state index is 11.4. The van der Waals surface area contributed by atoms with Crippen molar-refractivity contribution in [2.24, 2.45) is 0 Å². The van der Waals surface area contributed by atoms with E-state index in [2.05, 4.69) is 5.32 Å². The van der Waals surface area contributed by atoms with E-state index < -0.39 is 5.97 Å². The van der Waals surface area contributed by atoms with Crippen LogP contribution in [0.1, 0.15) is 21.5 Å². The fraction of sp³-hybridized carbons (Fsp3) is 0.125. The van der Waals surface area contributed by atoms with Gasteiger partial charge in [-0.05, 0) is 47.4 Å². The van der Waals surface area contributed by atoms with Crippen molar-refractivity contribution < 1.29 is 14.7 Å². The Hall–Kier alpha value is -2.62. The summed E-state index contributed by atoms with van der Waals surface area (Å²) < 4.78 is 0. The summed E-state index contributed by atoms with van der Waals surface area (Å²) in [6.45, 7) is 1.89. The summed E-state index contributed by atoms with van der Waals surface area (Å²) in [5, 5.41) is 12.1. The minimum absolute atomic E-state index is 0.0274. The average Bonchev–Trinajstić information content (AvgIpc) is 2.77. The zero-order valence-corrected chi connectivity index (χ0v) is 10.9. The summed E-state index contributed by atoms with van der Waals surface area (Å²) in [5.74, 6) is -0.973. The normalized spacial score (nSPS) is 12.9. The first kappa shape index (κ1) is 12.4. The van der Waals surface area contributed by atoms with Crippen molar-refractivity contribution in [2.75, 3.05) is 5.32 Å². The third-order valence-corrected chi connectivity index (χ3v) is 3.52. The van der Waals surface area contributed by atoms with Crippen molar-refractivity contribution in [2.45, 2.75) is 13.3 Å². The molecule has 0 saturated carbocycles. The van der Waals surface area contributed by atoms with Gasteiger partial charge in [-0.2, -0.15) is 0 Å². The number of carboxylic acids is 1. The van der Waals surface area contributed by atoms with Crippen LogP contribution in [-0.2, 0) is 11.2 Å². The summed E-state index contributed by atoms with van der Waals surface area (Å²) in [7, 11) is 0. The number of benzene rings is 2. The van der Waals surface area contributed by atoms with E-state index in [9.17, 15) is 14.7 Å². The van der Waals surface area contributed by atoms with E-state index in [0.29, 0.717) is 12.0 Å². The van der Waals surface area contributed by atoms with Crippen molar-refractivity contribution in [1.29, 1.82) is 0 Å². The second kappa shape index (κ2) is 4.49. The Morgan fingerprint density at radius 3 is 2.80 bits per heavy atom. The smallest absolute Gasteiger partial charge is 0.336 e. The quantitative estimate of drug-likeness (QED) is 0.879. The molecule has 0 spiro atoms. The first-order chi connectivity index (χ1) is 9.56. The fourth-order valence-electron chi connectivity index (χ4n) is 2.61. The standard InChI is InChI=1S/C16H13NO3/c1-9-3-2-4-12(16(19)20)15(9)10-5-6-13-11(7-10)8-14(18)17-13/h2-7H,8H2,1H3,(H,17,18)(H,19,20). The van der Waals surface area contributed by atoms with Crippen LogP contribution in [0.3, 0.4) is 0 Å². The Morgan fingerprint density at radius 1 is 1.25 bits per heavy atom. The van der Waals surface area contributed by atoms with Crippen molar-refractivity contribution in [3.05, 3.63) is 53.1 Å². The molecule has 0 atom stereocenters. The van der Waals surface area contributed by atoms with Crippen molar-refractivity contribution >= 4 is 17.6 Å². The molecule has 0 aliphatic carbocycles. The number of amides is 1. The zero-order valence-electron chi connectivity index (χ0n) is 10.9. The fourth-order valence-corrected chi connectivity index (χ4v) is 2.61. The molecule has 3 rings (SSSR count). The average molecular weight is 267 g/mol. The van der Waals surface area contributed by atoms with E-state index in [-0.39, 0.29) is 11.5 Å². The molecule has 4 heteroatoms. The number of hydrogen-bond donors (Lipinski definition) is 2. The highest BCUT2D eigenvalue weighted by Crippen LogP contribution is 2.32. The third-order valence-electron chi connectivity index (χ3n) is 3.52. The topological polar surface area (TPSA) is 66.4 Å². The van der Waals surface area contributed by atoms with Crippen molar-refractivity contribution in [3.63, 3.8) is 0 Å². The van der Waals surface area contributed by atoms with Gasteiger partial charge in [0.25, 0.3) is 0 Å². The number of carboxylic acid groups (broad SMARTS) is 1.